The van der Waals surface area contributed by atoms with Gasteiger partial charge in [-0.1, -0.05) is 42.5 Å². The van der Waals surface area contributed by atoms with Gasteiger partial charge in [-0.2, -0.15) is 0 Å². The minimum Gasteiger partial charge on any atom is -0.445 e. The molecule has 42 heavy (non-hydrogen) atoms. The van der Waals surface area contributed by atoms with Crippen molar-refractivity contribution < 1.29 is 23.8 Å². The number of piperidine rings is 1. The Hall–Kier alpha value is -3.85. The first-order valence-electron chi connectivity index (χ1n) is 14.7. The Kier molecular flexibility index (Phi) is 10.6. The van der Waals surface area contributed by atoms with Crippen molar-refractivity contribution in [3.63, 3.8) is 0 Å². The smallest absolute Gasteiger partial charge is 0.410 e. The standard InChI is InChI=1S/C33H43N3O6/c1-33(2,3)42-32(39)35-19-15-24(16-20-35)21-27-29(23-40-4)36(28-14-9-8-13-26(28)30(27)37)18-10-17-34-31(38)41-22-25-11-6-5-7-12-25/h5-9,11-14,24H,10,15-23H2,1-4H3,(H,34,38). The summed E-state index contributed by atoms with van der Waals surface area (Å²) < 4.78 is 18.6. The molecular weight excluding hydrogens is 534 g/mol. The maximum atomic E-state index is 13.8. The van der Waals surface area contributed by atoms with Crippen molar-refractivity contribution in [3.8, 4) is 0 Å². The van der Waals surface area contributed by atoms with Crippen LogP contribution in [0.5, 0.6) is 0 Å². The van der Waals surface area contributed by atoms with E-state index in [0.29, 0.717) is 51.0 Å². The third-order valence-electron chi connectivity index (χ3n) is 7.47. The monoisotopic (exact) mass is 577 g/mol. The minimum absolute atomic E-state index is 0.0334. The number of alkyl carbamates (subject to hydrolysis) is 1. The minimum atomic E-state index is -0.531. The van der Waals surface area contributed by atoms with Crippen molar-refractivity contribution in [2.45, 2.75) is 71.8 Å². The number of methoxy groups -OCH3 is 1. The van der Waals surface area contributed by atoms with Crippen LogP contribution < -0.4 is 10.7 Å². The lowest BCUT2D eigenvalue weighted by Crippen LogP contribution is -2.42. The van der Waals surface area contributed by atoms with E-state index in [1.54, 1.807) is 12.0 Å². The van der Waals surface area contributed by atoms with E-state index in [2.05, 4.69) is 9.88 Å². The van der Waals surface area contributed by atoms with Crippen LogP contribution in [-0.2, 0) is 40.4 Å². The summed E-state index contributed by atoms with van der Waals surface area (Å²) in [6.45, 7) is 8.36. The number of hydrogen-bond donors (Lipinski definition) is 1. The number of fused-ring (bicyclic) bond motifs is 1. The average Bonchev–Trinajstić information content (AvgIpc) is 2.97. The van der Waals surface area contributed by atoms with Crippen LogP contribution in [0.15, 0.2) is 59.4 Å². The summed E-state index contributed by atoms with van der Waals surface area (Å²) in [5.41, 5.74) is 2.91. The third-order valence-corrected chi connectivity index (χ3v) is 7.47. The molecule has 1 aliphatic heterocycles. The van der Waals surface area contributed by atoms with Gasteiger partial charge >= 0.3 is 12.2 Å². The number of likely N-dealkylation sites (tertiary alicyclic amines) is 1. The highest BCUT2D eigenvalue weighted by Gasteiger charge is 2.28. The quantitative estimate of drug-likeness (QED) is 0.313. The van der Waals surface area contributed by atoms with Crippen LogP contribution in [0.2, 0.25) is 0 Å². The first-order chi connectivity index (χ1) is 20.2. The first kappa shape index (κ1) is 31.1. The van der Waals surface area contributed by atoms with E-state index in [1.165, 1.54) is 0 Å². The fourth-order valence-electron chi connectivity index (χ4n) is 5.41. The van der Waals surface area contributed by atoms with Crippen molar-refractivity contribution >= 4 is 23.1 Å². The Balaban J connectivity index is 1.44. The van der Waals surface area contributed by atoms with Gasteiger partial charge in [-0.15, -0.1) is 0 Å². The van der Waals surface area contributed by atoms with Crippen molar-refractivity contribution in [2.75, 3.05) is 26.7 Å². The van der Waals surface area contributed by atoms with E-state index >= 15 is 0 Å². The normalized spacial score (nSPS) is 14.1. The predicted molar refractivity (Wildman–Crippen MR) is 162 cm³/mol. The number of nitrogens with one attached hydrogen (secondary N) is 1. The second-order valence-corrected chi connectivity index (χ2v) is 11.8. The maximum Gasteiger partial charge on any atom is 0.410 e. The molecule has 2 amide bonds. The van der Waals surface area contributed by atoms with Gasteiger partial charge in [0.25, 0.3) is 0 Å². The molecule has 1 aromatic heterocycles. The number of amides is 2. The summed E-state index contributed by atoms with van der Waals surface area (Å²) in [5.74, 6) is 0.266. The second kappa shape index (κ2) is 14.4. The van der Waals surface area contributed by atoms with Gasteiger partial charge < -0.3 is 29.0 Å². The van der Waals surface area contributed by atoms with Crippen LogP contribution in [0.4, 0.5) is 9.59 Å². The lowest BCUT2D eigenvalue weighted by Gasteiger charge is -2.33. The third kappa shape index (κ3) is 8.35. The van der Waals surface area contributed by atoms with Gasteiger partial charge in [0.2, 0.25) is 0 Å². The zero-order valence-corrected chi connectivity index (χ0v) is 25.2. The highest BCUT2D eigenvalue weighted by molar-refractivity contribution is 5.80. The summed E-state index contributed by atoms with van der Waals surface area (Å²) >= 11 is 0. The number of pyridine rings is 1. The lowest BCUT2D eigenvalue weighted by atomic mass is 9.88. The Morgan fingerprint density at radius 3 is 2.36 bits per heavy atom. The van der Waals surface area contributed by atoms with Crippen molar-refractivity contribution in [3.05, 3.63) is 81.6 Å². The molecule has 2 aromatic carbocycles. The largest absolute Gasteiger partial charge is 0.445 e. The fourth-order valence-corrected chi connectivity index (χ4v) is 5.41. The van der Waals surface area contributed by atoms with E-state index in [4.69, 9.17) is 14.2 Å². The number of para-hydroxylation sites is 1. The van der Waals surface area contributed by atoms with E-state index < -0.39 is 11.7 Å². The van der Waals surface area contributed by atoms with E-state index in [1.807, 2.05) is 75.4 Å². The molecular formula is C33H43N3O6. The molecule has 2 heterocycles. The molecule has 0 atom stereocenters. The molecule has 0 unspecified atom stereocenters. The number of hydrogen-bond acceptors (Lipinski definition) is 6. The highest BCUT2D eigenvalue weighted by atomic mass is 16.6. The molecule has 4 rings (SSSR count). The maximum absolute atomic E-state index is 13.8. The van der Waals surface area contributed by atoms with Gasteiger partial charge in [0.1, 0.15) is 12.2 Å². The van der Waals surface area contributed by atoms with Gasteiger partial charge in [-0.3, -0.25) is 4.79 Å². The van der Waals surface area contributed by atoms with Crippen molar-refractivity contribution in [2.24, 2.45) is 5.92 Å². The van der Waals surface area contributed by atoms with Gasteiger partial charge in [0.05, 0.1) is 17.8 Å². The number of rotatable bonds is 10. The van der Waals surface area contributed by atoms with Crippen LogP contribution in [0.1, 0.15) is 56.9 Å². The number of aromatic nitrogens is 1. The highest BCUT2D eigenvalue weighted by Crippen LogP contribution is 2.26. The fraction of sp³-hybridized carbons (Fsp3) is 0.485. The topological polar surface area (TPSA) is 99.1 Å². The van der Waals surface area contributed by atoms with Gasteiger partial charge in [-0.05, 0) is 70.1 Å². The van der Waals surface area contributed by atoms with Crippen molar-refractivity contribution in [1.29, 1.82) is 0 Å². The van der Waals surface area contributed by atoms with E-state index in [-0.39, 0.29) is 24.0 Å². The molecule has 226 valence electrons. The molecule has 0 saturated carbocycles. The summed E-state index contributed by atoms with van der Waals surface area (Å²) in [6.07, 6.45) is 2.12. The summed E-state index contributed by atoms with van der Waals surface area (Å²) in [4.78, 5) is 40.3. The zero-order valence-electron chi connectivity index (χ0n) is 25.2. The van der Waals surface area contributed by atoms with Crippen molar-refractivity contribution in [1.82, 2.24) is 14.8 Å². The van der Waals surface area contributed by atoms with E-state index in [9.17, 15) is 14.4 Å². The molecule has 0 aliphatic carbocycles. The molecule has 0 radical (unpaired) electrons. The molecule has 1 saturated heterocycles. The molecule has 1 N–H and O–H groups in total. The number of nitrogens with zero attached hydrogens (tertiary/aromatic N) is 2. The first-order valence-corrected chi connectivity index (χ1v) is 14.7. The molecule has 1 fully saturated rings. The Labute approximate surface area is 247 Å². The molecule has 0 spiro atoms. The Bertz CT molecular complexity index is 1410. The summed E-state index contributed by atoms with van der Waals surface area (Å²) in [7, 11) is 1.64. The zero-order chi connectivity index (χ0) is 30.1. The lowest BCUT2D eigenvalue weighted by molar-refractivity contribution is 0.0184. The Morgan fingerprint density at radius 1 is 0.976 bits per heavy atom. The molecule has 0 bridgehead atoms. The predicted octanol–water partition coefficient (Wildman–Crippen LogP) is 5.65. The van der Waals surface area contributed by atoms with Crippen LogP contribution in [0.25, 0.3) is 10.9 Å². The number of carbonyl (C=O) groups is 2. The Morgan fingerprint density at radius 2 is 1.67 bits per heavy atom. The number of benzene rings is 2. The molecule has 1 aliphatic rings. The SMILES string of the molecule is COCc1c(CC2CCN(C(=O)OC(C)(C)C)CC2)c(=O)c2ccccc2n1CCCNC(=O)OCc1ccccc1. The second-order valence-electron chi connectivity index (χ2n) is 11.8. The van der Waals surface area contributed by atoms with E-state index in [0.717, 1.165) is 35.2 Å². The van der Waals surface area contributed by atoms with Crippen LogP contribution in [0, 0.1) is 5.92 Å². The van der Waals surface area contributed by atoms with Gasteiger partial charge in [0, 0.05) is 44.2 Å². The van der Waals surface area contributed by atoms with Crippen LogP contribution in [0.3, 0.4) is 0 Å². The molecule has 9 nitrogen and oxygen atoms in total. The molecule has 9 heteroatoms. The summed E-state index contributed by atoms with van der Waals surface area (Å²) in [6, 6.07) is 17.2. The number of carbonyl (C=O) groups excluding carboxylic acids is 2. The number of ether oxygens (including phenoxy) is 3. The molecule has 3 aromatic rings. The van der Waals surface area contributed by atoms with Crippen LogP contribution >= 0.6 is 0 Å². The van der Waals surface area contributed by atoms with Gasteiger partial charge in [-0.25, -0.2) is 9.59 Å². The number of aryl methyl sites for hydroxylation is 1. The van der Waals surface area contributed by atoms with Crippen LogP contribution in [-0.4, -0.2) is 54.0 Å². The van der Waals surface area contributed by atoms with Gasteiger partial charge in [0.15, 0.2) is 5.43 Å². The summed E-state index contributed by atoms with van der Waals surface area (Å²) in [5, 5.41) is 3.51. The average molecular weight is 578 g/mol.